The number of carbonyl (C=O) groups excluding carboxylic acids is 1. The molecule has 1 aromatic rings. The molecule has 1 rings (SSSR count). The van der Waals surface area contributed by atoms with Crippen molar-refractivity contribution in [3.05, 3.63) is 42.5 Å². The quantitative estimate of drug-likeness (QED) is 0.685. The van der Waals surface area contributed by atoms with Crippen molar-refractivity contribution in [2.24, 2.45) is 5.73 Å². The summed E-state index contributed by atoms with van der Waals surface area (Å²) in [4.78, 5) is 29.3. The second-order valence-electron chi connectivity index (χ2n) is 2.74. The van der Waals surface area contributed by atoms with E-state index in [0.29, 0.717) is 17.9 Å². The van der Waals surface area contributed by atoms with Gasteiger partial charge in [-0.2, -0.15) is 0 Å². The summed E-state index contributed by atoms with van der Waals surface area (Å²) < 4.78 is 4.55. The van der Waals surface area contributed by atoms with Crippen LogP contribution in [0.3, 0.4) is 0 Å². The van der Waals surface area contributed by atoms with Crippen molar-refractivity contribution in [1.82, 2.24) is 0 Å². The third-order valence-electron chi connectivity index (χ3n) is 1.33. The fraction of sp³-hybridized carbons (Fsp3) is 0. The van der Waals surface area contributed by atoms with Gasteiger partial charge >= 0.3 is 18.0 Å². The lowest BCUT2D eigenvalue weighted by atomic mass is 10.3. The molecule has 0 atom stereocenters. The lowest BCUT2D eigenvalue weighted by Gasteiger charge is -1.96. The zero-order chi connectivity index (χ0) is 14.0. The highest BCUT2D eigenvalue weighted by molar-refractivity contribution is 5.89. The number of ether oxygens (including phenoxy) is 1. The van der Waals surface area contributed by atoms with Crippen molar-refractivity contribution >= 4 is 18.0 Å². The maximum atomic E-state index is 10.2. The van der Waals surface area contributed by atoms with Gasteiger partial charge in [-0.3, -0.25) is 0 Å². The van der Waals surface area contributed by atoms with Crippen molar-refractivity contribution in [3.8, 4) is 5.75 Å². The summed E-state index contributed by atoms with van der Waals surface area (Å²) >= 11 is 0. The van der Waals surface area contributed by atoms with Crippen molar-refractivity contribution in [1.29, 1.82) is 0 Å². The number of hydrogen-bond acceptors (Lipinski definition) is 4. The Kier molecular flexibility index (Phi) is 7.03. The first-order chi connectivity index (χ1) is 8.41. The zero-order valence-corrected chi connectivity index (χ0v) is 9.15. The van der Waals surface area contributed by atoms with Crippen LogP contribution in [0.2, 0.25) is 0 Å². The van der Waals surface area contributed by atoms with Gasteiger partial charge in [0.05, 0.1) is 0 Å². The molecule has 0 aliphatic rings. The SMILES string of the molecule is NC(=O)Oc1ccccc1.O=C(O)/C=C/C(=O)O. The van der Waals surface area contributed by atoms with Gasteiger partial charge in [0.25, 0.3) is 0 Å². The first-order valence-electron chi connectivity index (χ1n) is 4.58. The van der Waals surface area contributed by atoms with Gasteiger partial charge in [-0.1, -0.05) is 18.2 Å². The number of benzene rings is 1. The number of rotatable bonds is 3. The number of primary amides is 1. The van der Waals surface area contributed by atoms with Crippen LogP contribution in [0.5, 0.6) is 5.75 Å². The van der Waals surface area contributed by atoms with Crippen LogP contribution >= 0.6 is 0 Å². The van der Waals surface area contributed by atoms with E-state index in [4.69, 9.17) is 15.9 Å². The summed E-state index contributed by atoms with van der Waals surface area (Å²) in [5, 5.41) is 15.6. The van der Waals surface area contributed by atoms with Gasteiger partial charge < -0.3 is 20.7 Å². The van der Waals surface area contributed by atoms with Crippen LogP contribution in [-0.4, -0.2) is 28.2 Å². The summed E-state index contributed by atoms with van der Waals surface area (Å²) in [6.07, 6.45) is 0.330. The molecule has 0 aromatic heterocycles. The van der Waals surface area contributed by atoms with E-state index in [2.05, 4.69) is 4.74 Å². The molecular weight excluding hydrogens is 242 g/mol. The fourth-order valence-corrected chi connectivity index (χ4v) is 0.747. The normalized spacial score (nSPS) is 9.11. The van der Waals surface area contributed by atoms with E-state index < -0.39 is 18.0 Å². The second-order valence-corrected chi connectivity index (χ2v) is 2.74. The van der Waals surface area contributed by atoms with Crippen molar-refractivity contribution in [2.75, 3.05) is 0 Å². The molecule has 18 heavy (non-hydrogen) atoms. The van der Waals surface area contributed by atoms with Crippen LogP contribution in [0.25, 0.3) is 0 Å². The first kappa shape index (κ1) is 15.2. The van der Waals surface area contributed by atoms with E-state index >= 15 is 0 Å². The lowest BCUT2D eigenvalue weighted by molar-refractivity contribution is -0.134. The Morgan fingerprint density at radius 2 is 1.44 bits per heavy atom. The molecule has 7 nitrogen and oxygen atoms in total. The van der Waals surface area contributed by atoms with Gasteiger partial charge in [-0.25, -0.2) is 14.4 Å². The molecular formula is C11H11NO6. The Bertz CT molecular complexity index is 424. The third-order valence-corrected chi connectivity index (χ3v) is 1.33. The van der Waals surface area contributed by atoms with E-state index in [9.17, 15) is 14.4 Å². The standard InChI is InChI=1S/C7H7NO2.C4H4O4/c8-7(9)10-6-4-2-1-3-5-6;5-3(6)1-2-4(7)8/h1-5H,(H2,8,9);1-2H,(H,5,6)(H,7,8)/b;2-1+. The predicted octanol–water partition coefficient (Wildman–Crippen LogP) is 0.856. The molecule has 0 radical (unpaired) electrons. The summed E-state index contributed by atoms with van der Waals surface area (Å²) in [5.74, 6) is -2.05. The van der Waals surface area contributed by atoms with Gasteiger partial charge in [-0.15, -0.1) is 0 Å². The Morgan fingerprint density at radius 1 is 1.00 bits per heavy atom. The Hall–Kier alpha value is -2.83. The van der Waals surface area contributed by atoms with Crippen LogP contribution in [-0.2, 0) is 9.59 Å². The molecule has 7 heteroatoms. The first-order valence-corrected chi connectivity index (χ1v) is 4.58. The van der Waals surface area contributed by atoms with E-state index in [1.807, 2.05) is 6.07 Å². The number of nitrogens with two attached hydrogens (primary N) is 1. The number of hydrogen-bond donors (Lipinski definition) is 3. The smallest absolute Gasteiger partial charge is 0.409 e. The molecule has 1 aromatic carbocycles. The van der Waals surface area contributed by atoms with Crippen LogP contribution in [0, 0.1) is 0 Å². The average molecular weight is 253 g/mol. The largest absolute Gasteiger partial charge is 0.478 e. The molecule has 0 fully saturated rings. The Morgan fingerprint density at radius 3 is 1.78 bits per heavy atom. The van der Waals surface area contributed by atoms with Crippen molar-refractivity contribution < 1.29 is 29.3 Å². The third kappa shape index (κ3) is 9.71. The second kappa shape index (κ2) is 8.34. The molecule has 0 aliphatic carbocycles. The molecule has 1 amide bonds. The van der Waals surface area contributed by atoms with Crippen LogP contribution in [0.1, 0.15) is 0 Å². The highest BCUT2D eigenvalue weighted by Crippen LogP contribution is 2.07. The van der Waals surface area contributed by atoms with Gasteiger partial charge in [0.1, 0.15) is 5.75 Å². The summed E-state index contributed by atoms with van der Waals surface area (Å²) in [5.41, 5.74) is 4.76. The van der Waals surface area contributed by atoms with Crippen molar-refractivity contribution in [2.45, 2.75) is 0 Å². The number of para-hydroxylation sites is 1. The number of carboxylic acid groups (broad SMARTS) is 2. The highest BCUT2D eigenvalue weighted by Gasteiger charge is 1.93. The van der Waals surface area contributed by atoms with Gasteiger partial charge in [0, 0.05) is 12.2 Å². The maximum absolute atomic E-state index is 10.2. The molecule has 0 saturated heterocycles. The lowest BCUT2D eigenvalue weighted by Crippen LogP contribution is -2.15. The van der Waals surface area contributed by atoms with E-state index in [1.54, 1.807) is 24.3 Å². The topological polar surface area (TPSA) is 127 Å². The molecule has 0 unspecified atom stereocenters. The zero-order valence-electron chi connectivity index (χ0n) is 9.15. The fourth-order valence-electron chi connectivity index (χ4n) is 0.747. The average Bonchev–Trinajstić information content (AvgIpc) is 2.28. The minimum absolute atomic E-state index is 0.468. The molecule has 0 spiro atoms. The minimum atomic E-state index is -1.26. The Balaban J connectivity index is 0.000000331. The molecule has 0 bridgehead atoms. The molecule has 0 saturated carbocycles. The molecule has 0 aliphatic heterocycles. The van der Waals surface area contributed by atoms with Gasteiger partial charge in [-0.05, 0) is 12.1 Å². The number of carbonyl (C=O) groups is 3. The Labute approximate surface area is 102 Å². The number of carboxylic acids is 2. The van der Waals surface area contributed by atoms with Gasteiger partial charge in [0.15, 0.2) is 0 Å². The van der Waals surface area contributed by atoms with E-state index in [-0.39, 0.29) is 0 Å². The monoisotopic (exact) mass is 253 g/mol. The maximum Gasteiger partial charge on any atom is 0.409 e. The van der Waals surface area contributed by atoms with E-state index in [0.717, 1.165) is 0 Å². The number of amides is 1. The minimum Gasteiger partial charge on any atom is -0.478 e. The van der Waals surface area contributed by atoms with E-state index in [1.165, 1.54) is 0 Å². The molecule has 4 N–H and O–H groups in total. The summed E-state index contributed by atoms with van der Waals surface area (Å²) in [7, 11) is 0. The molecule has 0 heterocycles. The summed E-state index contributed by atoms with van der Waals surface area (Å²) in [6.45, 7) is 0. The van der Waals surface area contributed by atoms with Crippen LogP contribution < -0.4 is 10.5 Å². The van der Waals surface area contributed by atoms with Crippen LogP contribution in [0.15, 0.2) is 42.5 Å². The van der Waals surface area contributed by atoms with Crippen LogP contribution in [0.4, 0.5) is 4.79 Å². The number of aliphatic carboxylic acids is 2. The highest BCUT2D eigenvalue weighted by atomic mass is 16.5. The predicted molar refractivity (Wildman–Crippen MR) is 61.1 cm³/mol. The van der Waals surface area contributed by atoms with Gasteiger partial charge in [0.2, 0.25) is 0 Å². The molecule has 96 valence electrons. The van der Waals surface area contributed by atoms with Crippen molar-refractivity contribution in [3.63, 3.8) is 0 Å². The summed E-state index contributed by atoms with van der Waals surface area (Å²) in [6, 6.07) is 8.67.